The Kier molecular flexibility index (Phi) is 6.51. The number of aromatic nitrogens is 2. The van der Waals surface area contributed by atoms with Crippen LogP contribution in [-0.2, 0) is 17.8 Å². The van der Waals surface area contributed by atoms with E-state index >= 15 is 0 Å². The van der Waals surface area contributed by atoms with Gasteiger partial charge in [0.1, 0.15) is 6.61 Å². The fourth-order valence-corrected chi connectivity index (χ4v) is 4.48. The number of nitrogens with zero attached hydrogens (tertiary/aromatic N) is 3. The topological polar surface area (TPSA) is 68.6 Å². The van der Waals surface area contributed by atoms with Crippen LogP contribution < -0.4 is 15.0 Å². The third kappa shape index (κ3) is 4.99. The van der Waals surface area contributed by atoms with Crippen LogP contribution in [0.4, 0.5) is 5.69 Å². The van der Waals surface area contributed by atoms with Crippen molar-refractivity contribution in [3.63, 3.8) is 0 Å². The minimum absolute atomic E-state index is 0.104. The van der Waals surface area contributed by atoms with Crippen LogP contribution >= 0.6 is 11.6 Å². The SMILES string of the molecule is O=C(NCC1CCCO1)c1cccc2c1OCCN2Cc1cncn1Cc1ccc(Cl)cc1. The van der Waals surface area contributed by atoms with Crippen molar-refractivity contribution in [2.24, 2.45) is 0 Å². The van der Waals surface area contributed by atoms with E-state index < -0.39 is 0 Å². The first-order valence-electron chi connectivity index (χ1n) is 11.3. The zero-order valence-corrected chi connectivity index (χ0v) is 19.1. The Balaban J connectivity index is 1.31. The van der Waals surface area contributed by atoms with E-state index in [4.69, 9.17) is 21.1 Å². The lowest BCUT2D eigenvalue weighted by molar-refractivity contribution is 0.0854. The highest BCUT2D eigenvalue weighted by Crippen LogP contribution is 2.36. The van der Waals surface area contributed by atoms with Crippen LogP contribution in [0.2, 0.25) is 5.02 Å². The number of hydrogen-bond acceptors (Lipinski definition) is 5. The molecule has 0 saturated carbocycles. The molecular formula is C25H27ClN4O3. The van der Waals surface area contributed by atoms with Crippen molar-refractivity contribution in [2.75, 3.05) is 31.2 Å². The summed E-state index contributed by atoms with van der Waals surface area (Å²) < 4.78 is 13.7. The first-order chi connectivity index (χ1) is 16.2. The fourth-order valence-electron chi connectivity index (χ4n) is 4.36. The summed E-state index contributed by atoms with van der Waals surface area (Å²) in [4.78, 5) is 19.5. The molecule has 0 aliphatic carbocycles. The van der Waals surface area contributed by atoms with Gasteiger partial charge in [0, 0.05) is 30.9 Å². The number of nitrogens with one attached hydrogen (secondary N) is 1. The van der Waals surface area contributed by atoms with E-state index in [-0.39, 0.29) is 12.0 Å². The van der Waals surface area contributed by atoms with Gasteiger partial charge in [0.25, 0.3) is 5.91 Å². The van der Waals surface area contributed by atoms with Crippen molar-refractivity contribution in [3.8, 4) is 5.75 Å². The van der Waals surface area contributed by atoms with E-state index in [0.29, 0.717) is 31.0 Å². The Bertz CT molecular complexity index is 1110. The van der Waals surface area contributed by atoms with Gasteiger partial charge in [0.05, 0.1) is 42.5 Å². The number of rotatable bonds is 7. The monoisotopic (exact) mass is 466 g/mol. The molecule has 1 N–H and O–H groups in total. The Labute approximate surface area is 198 Å². The van der Waals surface area contributed by atoms with E-state index in [2.05, 4.69) is 19.8 Å². The average molecular weight is 467 g/mol. The minimum Gasteiger partial charge on any atom is -0.489 e. The highest BCUT2D eigenvalue weighted by molar-refractivity contribution is 6.30. The molecule has 1 amide bonds. The number of benzene rings is 2. The molecule has 172 valence electrons. The van der Waals surface area contributed by atoms with Crippen molar-refractivity contribution >= 4 is 23.2 Å². The Morgan fingerprint density at radius 2 is 2.03 bits per heavy atom. The molecule has 0 spiro atoms. The van der Waals surface area contributed by atoms with Crippen molar-refractivity contribution < 1.29 is 14.3 Å². The molecule has 1 unspecified atom stereocenters. The summed E-state index contributed by atoms with van der Waals surface area (Å²) >= 11 is 6.02. The van der Waals surface area contributed by atoms with Crippen LogP contribution in [0.15, 0.2) is 55.0 Å². The van der Waals surface area contributed by atoms with Crippen molar-refractivity contribution in [1.82, 2.24) is 14.9 Å². The molecule has 1 atom stereocenters. The molecule has 3 aromatic rings. The molecule has 2 aromatic carbocycles. The molecule has 7 nitrogen and oxygen atoms in total. The number of hydrogen-bond donors (Lipinski definition) is 1. The maximum atomic E-state index is 12.9. The zero-order chi connectivity index (χ0) is 22.6. The maximum Gasteiger partial charge on any atom is 0.255 e. The van der Waals surface area contributed by atoms with E-state index in [0.717, 1.165) is 54.5 Å². The number of fused-ring (bicyclic) bond motifs is 1. The third-order valence-electron chi connectivity index (χ3n) is 6.12. The van der Waals surface area contributed by atoms with Gasteiger partial charge >= 0.3 is 0 Å². The van der Waals surface area contributed by atoms with Crippen LogP contribution in [0.3, 0.4) is 0 Å². The smallest absolute Gasteiger partial charge is 0.255 e. The number of halogens is 1. The molecule has 1 aromatic heterocycles. The number of carbonyl (C=O) groups excluding carboxylic acids is 1. The number of para-hydroxylation sites is 1. The van der Waals surface area contributed by atoms with Gasteiger partial charge in [0.2, 0.25) is 0 Å². The van der Waals surface area contributed by atoms with Gasteiger partial charge in [-0.2, -0.15) is 0 Å². The summed E-state index contributed by atoms with van der Waals surface area (Å²) in [7, 11) is 0. The van der Waals surface area contributed by atoms with E-state index in [1.165, 1.54) is 0 Å². The quantitative estimate of drug-likeness (QED) is 0.572. The van der Waals surface area contributed by atoms with Gasteiger partial charge in [0.15, 0.2) is 5.75 Å². The highest BCUT2D eigenvalue weighted by Gasteiger charge is 2.25. The predicted octanol–water partition coefficient (Wildman–Crippen LogP) is 3.89. The molecule has 0 bridgehead atoms. The van der Waals surface area contributed by atoms with Gasteiger partial charge in [-0.15, -0.1) is 0 Å². The molecule has 1 fully saturated rings. The van der Waals surface area contributed by atoms with Crippen LogP contribution in [-0.4, -0.2) is 47.9 Å². The van der Waals surface area contributed by atoms with Gasteiger partial charge in [-0.05, 0) is 42.7 Å². The normalized spacial score (nSPS) is 17.5. The number of amides is 1. The summed E-state index contributed by atoms with van der Waals surface area (Å²) in [6.45, 7) is 3.94. The first kappa shape index (κ1) is 21.8. The predicted molar refractivity (Wildman–Crippen MR) is 127 cm³/mol. The molecule has 0 radical (unpaired) electrons. The van der Waals surface area contributed by atoms with Crippen LogP contribution in [0.25, 0.3) is 0 Å². The first-order valence-corrected chi connectivity index (χ1v) is 11.7. The molecule has 2 aliphatic heterocycles. The summed E-state index contributed by atoms with van der Waals surface area (Å²) in [6, 6.07) is 13.6. The number of carbonyl (C=O) groups is 1. The van der Waals surface area contributed by atoms with E-state index in [9.17, 15) is 4.79 Å². The number of imidazole rings is 1. The molecule has 2 aliphatic rings. The summed E-state index contributed by atoms with van der Waals surface area (Å²) in [6.07, 6.45) is 5.88. The van der Waals surface area contributed by atoms with Crippen LogP contribution in [0.1, 0.15) is 34.5 Å². The highest BCUT2D eigenvalue weighted by atomic mass is 35.5. The van der Waals surface area contributed by atoms with E-state index in [1.807, 2.05) is 55.0 Å². The van der Waals surface area contributed by atoms with Crippen molar-refractivity contribution in [2.45, 2.75) is 32.0 Å². The number of ether oxygens (including phenoxy) is 2. The van der Waals surface area contributed by atoms with Crippen molar-refractivity contribution in [3.05, 3.63) is 76.8 Å². The molecule has 1 saturated heterocycles. The maximum absolute atomic E-state index is 12.9. The molecule has 8 heteroatoms. The number of anilines is 1. The van der Waals surface area contributed by atoms with Gasteiger partial charge in [-0.25, -0.2) is 4.98 Å². The van der Waals surface area contributed by atoms with E-state index in [1.54, 1.807) is 0 Å². The zero-order valence-electron chi connectivity index (χ0n) is 18.4. The average Bonchev–Trinajstić information content (AvgIpc) is 3.51. The molecule has 3 heterocycles. The lowest BCUT2D eigenvalue weighted by Crippen LogP contribution is -2.35. The Morgan fingerprint density at radius 3 is 2.85 bits per heavy atom. The lowest BCUT2D eigenvalue weighted by atomic mass is 10.1. The van der Waals surface area contributed by atoms with Gasteiger partial charge in [-0.3, -0.25) is 4.79 Å². The Morgan fingerprint density at radius 1 is 1.15 bits per heavy atom. The third-order valence-corrected chi connectivity index (χ3v) is 6.37. The second-order valence-electron chi connectivity index (χ2n) is 8.41. The fraction of sp³-hybridized carbons (Fsp3) is 0.360. The van der Waals surface area contributed by atoms with Gasteiger partial charge < -0.3 is 24.3 Å². The lowest BCUT2D eigenvalue weighted by Gasteiger charge is -2.32. The van der Waals surface area contributed by atoms with Crippen LogP contribution in [0, 0.1) is 0 Å². The summed E-state index contributed by atoms with van der Waals surface area (Å²) in [5.74, 6) is 0.509. The Hall–Kier alpha value is -3.03. The molecule has 33 heavy (non-hydrogen) atoms. The molecule has 5 rings (SSSR count). The second kappa shape index (κ2) is 9.85. The summed E-state index contributed by atoms with van der Waals surface area (Å²) in [5, 5.41) is 3.73. The minimum atomic E-state index is -0.128. The molecular weight excluding hydrogens is 440 g/mol. The largest absolute Gasteiger partial charge is 0.489 e. The van der Waals surface area contributed by atoms with Crippen molar-refractivity contribution in [1.29, 1.82) is 0 Å². The standard InChI is InChI=1S/C25H27ClN4O3/c26-19-8-6-18(7-9-19)15-30-17-27-13-20(30)16-29-10-12-33-24-22(4-1-5-23(24)29)25(31)28-14-21-3-2-11-32-21/h1,4-9,13,17,21H,2-3,10-12,14-16H2,(H,28,31). The van der Waals surface area contributed by atoms with Gasteiger partial charge in [-0.1, -0.05) is 29.8 Å². The second-order valence-corrected chi connectivity index (χ2v) is 8.84. The summed E-state index contributed by atoms with van der Waals surface area (Å²) in [5.41, 5.74) is 3.73. The van der Waals surface area contributed by atoms with Crippen LogP contribution in [0.5, 0.6) is 5.75 Å².